The summed E-state index contributed by atoms with van der Waals surface area (Å²) in [6.45, 7) is 2.22. The van der Waals surface area contributed by atoms with Crippen molar-refractivity contribution in [1.82, 2.24) is 0 Å². The molecule has 1 atom stereocenters. The summed E-state index contributed by atoms with van der Waals surface area (Å²) in [4.78, 5) is 11.3. The Morgan fingerprint density at radius 3 is 2.12 bits per heavy atom. The average Bonchev–Trinajstić information content (AvgIpc) is 3.09. The van der Waals surface area contributed by atoms with Crippen molar-refractivity contribution in [3.63, 3.8) is 0 Å². The molecule has 0 bridgehead atoms. The van der Waals surface area contributed by atoms with E-state index in [-0.39, 0.29) is 23.0 Å². The van der Waals surface area contributed by atoms with E-state index in [1.807, 2.05) is 0 Å². The van der Waals surface area contributed by atoms with Crippen molar-refractivity contribution < 1.29 is 17.6 Å². The standard InChI is InChI=1S/C19H31BrO4S/c1-2-3-4-5-6-7-8-9-10-11-15-25(22,23)16-17(20)19(21)18-13-12-14-24-18/h12-14,17H,2-11,15-16H2,1H3. The van der Waals surface area contributed by atoms with Crippen LogP contribution in [0.25, 0.3) is 0 Å². The number of halogens is 1. The van der Waals surface area contributed by atoms with E-state index in [2.05, 4.69) is 22.9 Å². The number of furan rings is 1. The van der Waals surface area contributed by atoms with Gasteiger partial charge in [0.15, 0.2) is 15.6 Å². The number of carbonyl (C=O) groups is 1. The van der Waals surface area contributed by atoms with Gasteiger partial charge in [-0.05, 0) is 18.6 Å². The molecule has 1 unspecified atom stereocenters. The van der Waals surface area contributed by atoms with Gasteiger partial charge in [0.2, 0.25) is 5.78 Å². The van der Waals surface area contributed by atoms with Gasteiger partial charge in [0, 0.05) is 0 Å². The van der Waals surface area contributed by atoms with Gasteiger partial charge in [0.1, 0.15) is 0 Å². The molecule has 0 aliphatic heterocycles. The summed E-state index contributed by atoms with van der Waals surface area (Å²) in [5, 5.41) is 0. The SMILES string of the molecule is CCCCCCCCCCCCS(=O)(=O)CC(Br)C(=O)c1ccco1. The van der Waals surface area contributed by atoms with E-state index in [0.29, 0.717) is 6.42 Å². The molecule has 0 aliphatic rings. The maximum Gasteiger partial charge on any atom is 0.212 e. The smallest absolute Gasteiger partial charge is 0.212 e. The fourth-order valence-corrected chi connectivity index (χ4v) is 5.61. The first-order valence-corrected chi connectivity index (χ1v) is 12.1. The third kappa shape index (κ3) is 10.2. The molecule has 1 aromatic rings. The molecule has 0 saturated heterocycles. The van der Waals surface area contributed by atoms with Crippen molar-refractivity contribution in [3.8, 4) is 0 Å². The Balaban J connectivity index is 2.12. The molecule has 0 spiro atoms. The molecule has 1 rings (SSSR count). The number of sulfone groups is 1. The van der Waals surface area contributed by atoms with Gasteiger partial charge in [-0.25, -0.2) is 8.42 Å². The normalized spacial score (nSPS) is 13.0. The Labute approximate surface area is 160 Å². The van der Waals surface area contributed by atoms with Crippen molar-refractivity contribution in [2.45, 2.75) is 76.0 Å². The third-order valence-corrected chi connectivity index (χ3v) is 7.18. The second-order valence-corrected chi connectivity index (χ2v) is 9.94. The highest BCUT2D eigenvalue weighted by Gasteiger charge is 2.25. The zero-order chi connectivity index (χ0) is 18.5. The Hall–Kier alpha value is -0.620. The van der Waals surface area contributed by atoms with E-state index in [0.717, 1.165) is 12.8 Å². The predicted octanol–water partition coefficient (Wildman–Crippen LogP) is 5.56. The molecule has 0 aromatic carbocycles. The van der Waals surface area contributed by atoms with Gasteiger partial charge in [-0.1, -0.05) is 80.6 Å². The second kappa shape index (κ2) is 12.7. The van der Waals surface area contributed by atoms with Crippen LogP contribution in [0.1, 0.15) is 81.7 Å². The summed E-state index contributed by atoms with van der Waals surface area (Å²) in [6.07, 6.45) is 13.1. The molecule has 0 fully saturated rings. The fraction of sp³-hybridized carbons (Fsp3) is 0.737. The highest BCUT2D eigenvalue weighted by atomic mass is 79.9. The van der Waals surface area contributed by atoms with E-state index in [4.69, 9.17) is 4.42 Å². The molecule has 0 N–H and O–H groups in total. The fourth-order valence-electron chi connectivity index (χ4n) is 2.76. The second-order valence-electron chi connectivity index (χ2n) is 6.61. The van der Waals surface area contributed by atoms with Gasteiger partial charge in [-0.2, -0.15) is 0 Å². The lowest BCUT2D eigenvalue weighted by Crippen LogP contribution is -2.25. The van der Waals surface area contributed by atoms with Crippen LogP contribution >= 0.6 is 15.9 Å². The molecule has 4 nitrogen and oxygen atoms in total. The number of ketones is 1. The van der Waals surface area contributed by atoms with Crippen LogP contribution in [0.3, 0.4) is 0 Å². The van der Waals surface area contributed by atoms with Gasteiger partial charge in [0.25, 0.3) is 0 Å². The molecule has 1 heterocycles. The molecule has 0 radical (unpaired) electrons. The topological polar surface area (TPSA) is 64.3 Å². The Kier molecular flexibility index (Phi) is 11.4. The highest BCUT2D eigenvalue weighted by molar-refractivity contribution is 9.10. The minimum atomic E-state index is -3.23. The van der Waals surface area contributed by atoms with E-state index in [1.54, 1.807) is 12.1 Å². The summed E-state index contributed by atoms with van der Waals surface area (Å²) >= 11 is 3.18. The molecule has 25 heavy (non-hydrogen) atoms. The number of hydrogen-bond acceptors (Lipinski definition) is 4. The lowest BCUT2D eigenvalue weighted by atomic mass is 10.1. The third-order valence-electron chi connectivity index (χ3n) is 4.26. The number of carbonyl (C=O) groups excluding carboxylic acids is 1. The van der Waals surface area contributed by atoms with Crippen molar-refractivity contribution in [1.29, 1.82) is 0 Å². The van der Waals surface area contributed by atoms with Crippen molar-refractivity contribution in [2.75, 3.05) is 11.5 Å². The van der Waals surface area contributed by atoms with Gasteiger partial charge < -0.3 is 4.42 Å². The molecule has 0 amide bonds. The Morgan fingerprint density at radius 2 is 1.60 bits per heavy atom. The van der Waals surface area contributed by atoms with Gasteiger partial charge >= 0.3 is 0 Å². The summed E-state index contributed by atoms with van der Waals surface area (Å²) in [6, 6.07) is 3.16. The van der Waals surface area contributed by atoms with Crippen LogP contribution in [0.4, 0.5) is 0 Å². The molecule has 6 heteroatoms. The lowest BCUT2D eigenvalue weighted by molar-refractivity contribution is 0.0970. The minimum absolute atomic E-state index is 0.150. The van der Waals surface area contributed by atoms with E-state index >= 15 is 0 Å². The molecule has 1 aromatic heterocycles. The molecule has 0 aliphatic carbocycles. The first-order valence-electron chi connectivity index (χ1n) is 9.38. The first-order chi connectivity index (χ1) is 12.0. The molecular weight excluding hydrogens is 404 g/mol. The quantitative estimate of drug-likeness (QED) is 0.206. The summed E-state index contributed by atoms with van der Waals surface area (Å²) < 4.78 is 29.3. The van der Waals surface area contributed by atoms with Crippen molar-refractivity contribution in [2.24, 2.45) is 0 Å². The predicted molar refractivity (Wildman–Crippen MR) is 106 cm³/mol. The van der Waals surface area contributed by atoms with E-state index in [9.17, 15) is 13.2 Å². The first kappa shape index (κ1) is 22.4. The number of hydrogen-bond donors (Lipinski definition) is 0. The Bertz CT molecular complexity index is 566. The van der Waals surface area contributed by atoms with Crippen LogP contribution in [-0.4, -0.2) is 30.5 Å². The van der Waals surface area contributed by atoms with Gasteiger partial charge in [-0.15, -0.1) is 0 Å². The number of unbranched alkanes of at least 4 members (excludes halogenated alkanes) is 9. The van der Waals surface area contributed by atoms with Crippen LogP contribution in [0.15, 0.2) is 22.8 Å². The number of alkyl halides is 1. The van der Waals surface area contributed by atoms with E-state index < -0.39 is 14.7 Å². The van der Waals surface area contributed by atoms with Crippen LogP contribution in [-0.2, 0) is 9.84 Å². The zero-order valence-electron chi connectivity index (χ0n) is 15.2. The van der Waals surface area contributed by atoms with Crippen LogP contribution in [0, 0.1) is 0 Å². The van der Waals surface area contributed by atoms with E-state index in [1.165, 1.54) is 51.2 Å². The lowest BCUT2D eigenvalue weighted by Gasteiger charge is -2.08. The molecular formula is C19H31BrO4S. The largest absolute Gasteiger partial charge is 0.461 e. The Morgan fingerprint density at radius 1 is 1.04 bits per heavy atom. The maximum absolute atomic E-state index is 12.1. The molecule has 0 saturated carbocycles. The van der Waals surface area contributed by atoms with Crippen LogP contribution < -0.4 is 0 Å². The summed E-state index contributed by atoms with van der Waals surface area (Å²) in [7, 11) is -3.23. The minimum Gasteiger partial charge on any atom is -0.461 e. The van der Waals surface area contributed by atoms with Crippen molar-refractivity contribution in [3.05, 3.63) is 24.2 Å². The van der Waals surface area contributed by atoms with Gasteiger partial charge in [0.05, 0.1) is 22.6 Å². The van der Waals surface area contributed by atoms with Crippen LogP contribution in [0.5, 0.6) is 0 Å². The van der Waals surface area contributed by atoms with Crippen molar-refractivity contribution >= 4 is 31.6 Å². The maximum atomic E-state index is 12.1. The summed E-state index contributed by atoms with van der Waals surface area (Å²) in [5.74, 6) is -0.159. The highest BCUT2D eigenvalue weighted by Crippen LogP contribution is 2.15. The molecule has 144 valence electrons. The number of Topliss-reactive ketones (excluding diaryl/α,β-unsaturated/α-hetero) is 1. The monoisotopic (exact) mass is 434 g/mol. The number of rotatable bonds is 15. The summed E-state index contributed by atoms with van der Waals surface area (Å²) in [5.41, 5.74) is 0. The van der Waals surface area contributed by atoms with Crippen LogP contribution in [0.2, 0.25) is 0 Å². The average molecular weight is 435 g/mol. The van der Waals surface area contributed by atoms with Gasteiger partial charge in [-0.3, -0.25) is 4.79 Å². The zero-order valence-corrected chi connectivity index (χ0v) is 17.6.